The smallest absolute Gasteiger partial charge is 0.128 e. The fourth-order valence-corrected chi connectivity index (χ4v) is 3.13. The molecule has 1 atom stereocenters. The third-order valence-corrected chi connectivity index (χ3v) is 4.55. The molecular formula is C15H21BrFNO. The van der Waals surface area contributed by atoms with E-state index in [9.17, 15) is 4.39 Å². The van der Waals surface area contributed by atoms with Crippen LogP contribution >= 0.6 is 15.9 Å². The second kappa shape index (κ2) is 6.33. The molecule has 4 heteroatoms. The Bertz CT molecular complexity index is 429. The van der Waals surface area contributed by atoms with Crippen LogP contribution in [0.15, 0.2) is 22.7 Å². The molecule has 0 saturated heterocycles. The first kappa shape index (κ1) is 14.9. The fraction of sp³-hybridized carbons (Fsp3) is 0.600. The second-order valence-corrected chi connectivity index (χ2v) is 6.14. The molecule has 2 rings (SSSR count). The highest BCUT2D eigenvalue weighted by atomic mass is 79.9. The standard InChI is InChI=1S/C15H21BrFNO/c1-3-18-14(10-15(19-2)7-4-8-15)12-9-11(16)5-6-13(12)17/h5-6,9,14,18H,3-4,7-8,10H2,1-2H3. The lowest BCUT2D eigenvalue weighted by atomic mass is 9.74. The molecule has 106 valence electrons. The van der Waals surface area contributed by atoms with Crippen molar-refractivity contribution < 1.29 is 9.13 Å². The summed E-state index contributed by atoms with van der Waals surface area (Å²) in [5.41, 5.74) is 0.654. The van der Waals surface area contributed by atoms with Gasteiger partial charge in [-0.3, -0.25) is 0 Å². The van der Waals surface area contributed by atoms with Gasteiger partial charge in [0.05, 0.1) is 5.60 Å². The van der Waals surface area contributed by atoms with Crippen LogP contribution in [0.5, 0.6) is 0 Å². The van der Waals surface area contributed by atoms with Crippen LogP contribution in [0.3, 0.4) is 0 Å². The molecule has 1 aromatic rings. The van der Waals surface area contributed by atoms with Crippen molar-refractivity contribution in [2.45, 2.75) is 44.2 Å². The maximum atomic E-state index is 14.0. The molecule has 0 heterocycles. The minimum absolute atomic E-state index is 0.00255. The Balaban J connectivity index is 2.21. The van der Waals surface area contributed by atoms with E-state index in [4.69, 9.17) is 4.74 Å². The minimum atomic E-state index is -0.153. The van der Waals surface area contributed by atoms with Gasteiger partial charge in [0, 0.05) is 23.2 Å². The predicted octanol–water partition coefficient (Wildman–Crippen LogP) is 4.20. The van der Waals surface area contributed by atoms with E-state index in [1.165, 1.54) is 12.5 Å². The first-order valence-electron chi connectivity index (χ1n) is 6.84. The third kappa shape index (κ3) is 3.36. The summed E-state index contributed by atoms with van der Waals surface area (Å²) in [6.45, 7) is 2.86. The quantitative estimate of drug-likeness (QED) is 0.844. The van der Waals surface area contributed by atoms with E-state index >= 15 is 0 Å². The van der Waals surface area contributed by atoms with E-state index in [1.807, 2.05) is 13.0 Å². The highest BCUT2D eigenvalue weighted by Gasteiger charge is 2.39. The molecule has 2 nitrogen and oxygen atoms in total. The van der Waals surface area contributed by atoms with Crippen molar-refractivity contribution in [1.29, 1.82) is 0 Å². The van der Waals surface area contributed by atoms with Gasteiger partial charge in [-0.1, -0.05) is 22.9 Å². The highest BCUT2D eigenvalue weighted by Crippen LogP contribution is 2.42. The molecule has 1 fully saturated rings. The minimum Gasteiger partial charge on any atom is -0.378 e. The lowest BCUT2D eigenvalue weighted by molar-refractivity contribution is -0.0839. The summed E-state index contributed by atoms with van der Waals surface area (Å²) in [4.78, 5) is 0. The average molecular weight is 330 g/mol. The molecule has 0 aliphatic heterocycles. The Morgan fingerprint density at radius 1 is 1.47 bits per heavy atom. The van der Waals surface area contributed by atoms with Crippen molar-refractivity contribution in [3.05, 3.63) is 34.1 Å². The van der Waals surface area contributed by atoms with Crippen molar-refractivity contribution in [3.8, 4) is 0 Å². The number of hydrogen-bond donors (Lipinski definition) is 1. The van der Waals surface area contributed by atoms with E-state index in [2.05, 4.69) is 21.2 Å². The summed E-state index contributed by atoms with van der Waals surface area (Å²) in [7, 11) is 1.76. The summed E-state index contributed by atoms with van der Waals surface area (Å²) in [6.07, 6.45) is 4.17. The van der Waals surface area contributed by atoms with Gasteiger partial charge in [0.2, 0.25) is 0 Å². The van der Waals surface area contributed by atoms with Crippen molar-refractivity contribution in [2.24, 2.45) is 0 Å². The van der Waals surface area contributed by atoms with Crippen LogP contribution in [0.2, 0.25) is 0 Å². The average Bonchev–Trinajstić information content (AvgIpc) is 2.35. The largest absolute Gasteiger partial charge is 0.378 e. The first-order valence-corrected chi connectivity index (χ1v) is 7.63. The molecule has 1 unspecified atom stereocenters. The number of ether oxygens (including phenoxy) is 1. The summed E-state index contributed by atoms with van der Waals surface area (Å²) < 4.78 is 20.6. The van der Waals surface area contributed by atoms with Crippen LogP contribution in [-0.2, 0) is 4.74 Å². The number of hydrogen-bond acceptors (Lipinski definition) is 2. The lowest BCUT2D eigenvalue weighted by Gasteiger charge is -2.43. The number of rotatable bonds is 6. The summed E-state index contributed by atoms with van der Waals surface area (Å²) in [5, 5.41) is 3.38. The molecular weight excluding hydrogens is 309 g/mol. The summed E-state index contributed by atoms with van der Waals surface area (Å²) in [5.74, 6) is -0.153. The molecule has 19 heavy (non-hydrogen) atoms. The Kier molecular flexibility index (Phi) is 4.98. The zero-order valence-electron chi connectivity index (χ0n) is 11.5. The molecule has 0 aromatic heterocycles. The monoisotopic (exact) mass is 329 g/mol. The van der Waals surface area contributed by atoms with Gasteiger partial charge in [-0.2, -0.15) is 0 Å². The van der Waals surface area contributed by atoms with Gasteiger partial charge in [0.25, 0.3) is 0 Å². The van der Waals surface area contributed by atoms with E-state index < -0.39 is 0 Å². The van der Waals surface area contributed by atoms with Crippen LogP contribution in [-0.4, -0.2) is 19.3 Å². The molecule has 0 amide bonds. The van der Waals surface area contributed by atoms with Crippen molar-refractivity contribution >= 4 is 15.9 Å². The maximum Gasteiger partial charge on any atom is 0.128 e. The molecule has 1 N–H and O–H groups in total. The highest BCUT2D eigenvalue weighted by molar-refractivity contribution is 9.10. The van der Waals surface area contributed by atoms with Gasteiger partial charge in [-0.25, -0.2) is 4.39 Å². The summed E-state index contributed by atoms with van der Waals surface area (Å²) >= 11 is 3.42. The van der Waals surface area contributed by atoms with Crippen molar-refractivity contribution in [2.75, 3.05) is 13.7 Å². The van der Waals surface area contributed by atoms with Crippen molar-refractivity contribution in [3.63, 3.8) is 0 Å². The number of nitrogens with one attached hydrogen (secondary N) is 1. The van der Waals surface area contributed by atoms with Crippen LogP contribution in [0.25, 0.3) is 0 Å². The van der Waals surface area contributed by atoms with Gasteiger partial charge in [0.15, 0.2) is 0 Å². The van der Waals surface area contributed by atoms with E-state index in [0.29, 0.717) is 0 Å². The predicted molar refractivity (Wildman–Crippen MR) is 78.7 cm³/mol. The van der Waals surface area contributed by atoms with Crippen LogP contribution in [0, 0.1) is 5.82 Å². The van der Waals surface area contributed by atoms with E-state index in [1.54, 1.807) is 13.2 Å². The van der Waals surface area contributed by atoms with Gasteiger partial charge >= 0.3 is 0 Å². The zero-order valence-corrected chi connectivity index (χ0v) is 13.1. The van der Waals surface area contributed by atoms with Crippen molar-refractivity contribution in [1.82, 2.24) is 5.32 Å². The van der Waals surface area contributed by atoms with Crippen LogP contribution in [0.1, 0.15) is 44.2 Å². The third-order valence-electron chi connectivity index (χ3n) is 4.06. The van der Waals surface area contributed by atoms with Crippen LogP contribution in [0.4, 0.5) is 4.39 Å². The second-order valence-electron chi connectivity index (χ2n) is 5.22. The Labute approximate surface area is 122 Å². The zero-order chi connectivity index (χ0) is 13.9. The van der Waals surface area contributed by atoms with E-state index in [-0.39, 0.29) is 17.5 Å². The van der Waals surface area contributed by atoms with E-state index in [0.717, 1.165) is 35.8 Å². The van der Waals surface area contributed by atoms with Gasteiger partial charge in [-0.15, -0.1) is 0 Å². The first-order chi connectivity index (χ1) is 9.10. The van der Waals surface area contributed by atoms with Gasteiger partial charge in [-0.05, 0) is 50.4 Å². The van der Waals surface area contributed by atoms with Gasteiger partial charge < -0.3 is 10.1 Å². The normalized spacial score (nSPS) is 18.9. The number of halogens is 2. The number of benzene rings is 1. The molecule has 0 spiro atoms. The Morgan fingerprint density at radius 3 is 2.74 bits per heavy atom. The molecule has 0 bridgehead atoms. The molecule has 1 aliphatic carbocycles. The fourth-order valence-electron chi connectivity index (χ4n) is 2.75. The maximum absolute atomic E-state index is 14.0. The number of methoxy groups -OCH3 is 1. The SMILES string of the molecule is CCNC(CC1(OC)CCC1)c1cc(Br)ccc1F. The Morgan fingerprint density at radius 2 is 2.21 bits per heavy atom. The molecule has 1 saturated carbocycles. The molecule has 0 radical (unpaired) electrons. The topological polar surface area (TPSA) is 21.3 Å². The summed E-state index contributed by atoms with van der Waals surface area (Å²) in [6, 6.07) is 5.12. The molecule has 1 aliphatic rings. The van der Waals surface area contributed by atoms with Gasteiger partial charge in [0.1, 0.15) is 5.82 Å². The Hall–Kier alpha value is -0.450. The molecule has 1 aromatic carbocycles. The van der Waals surface area contributed by atoms with Crippen LogP contribution < -0.4 is 5.32 Å². The lowest BCUT2D eigenvalue weighted by Crippen LogP contribution is -2.43.